The number of rotatable bonds is 3. The molecule has 7 aromatic rings. The number of aromatic nitrogens is 5. The third-order valence-electron chi connectivity index (χ3n) is 7.84. The van der Waals surface area contributed by atoms with Crippen LogP contribution in [0.4, 0.5) is 0 Å². The standard InChI is InChI=1S/C34H23N5O/c1-34(2)25-10-4-3-9-21(25)23-15-16-24-22-14-13-20(19-28(22)40-30(24)29(23)34)31-37-32(26-11-5-7-17-35-26)39-33(38-31)27-12-6-8-18-36-27/h3-19H,1-2H3. The Morgan fingerprint density at radius 1 is 0.600 bits per heavy atom. The SMILES string of the molecule is CC1(C)c2ccccc2-c2ccc3c(oc4cc(-c5nc(-c6ccccn6)nc(-c6ccccn6)n5)ccc43)c21. The molecule has 4 heterocycles. The third-order valence-corrected chi connectivity index (χ3v) is 7.84. The minimum atomic E-state index is -0.161. The minimum Gasteiger partial charge on any atom is -0.456 e. The summed E-state index contributed by atoms with van der Waals surface area (Å²) in [6, 6.07) is 30.6. The van der Waals surface area contributed by atoms with Gasteiger partial charge in [0, 0.05) is 39.7 Å². The second-order valence-corrected chi connectivity index (χ2v) is 10.6. The molecular formula is C34H23N5O. The van der Waals surface area contributed by atoms with Crippen LogP contribution in [-0.4, -0.2) is 24.9 Å². The molecule has 40 heavy (non-hydrogen) atoms. The molecule has 0 fully saturated rings. The van der Waals surface area contributed by atoms with Crippen molar-refractivity contribution in [2.75, 3.05) is 0 Å². The first-order chi connectivity index (χ1) is 19.6. The van der Waals surface area contributed by atoms with Crippen molar-refractivity contribution in [3.05, 3.63) is 115 Å². The quantitative estimate of drug-likeness (QED) is 0.237. The van der Waals surface area contributed by atoms with Gasteiger partial charge in [-0.1, -0.05) is 62.4 Å². The number of pyridine rings is 2. The van der Waals surface area contributed by atoms with E-state index in [1.165, 1.54) is 22.3 Å². The fourth-order valence-electron chi connectivity index (χ4n) is 5.95. The van der Waals surface area contributed by atoms with E-state index in [0.717, 1.165) is 27.5 Å². The molecule has 1 aliphatic rings. The molecule has 8 rings (SSSR count). The van der Waals surface area contributed by atoms with Crippen molar-refractivity contribution in [3.63, 3.8) is 0 Å². The van der Waals surface area contributed by atoms with E-state index >= 15 is 0 Å². The monoisotopic (exact) mass is 517 g/mol. The molecule has 0 amide bonds. The maximum Gasteiger partial charge on any atom is 0.182 e. The van der Waals surface area contributed by atoms with E-state index < -0.39 is 0 Å². The molecule has 0 saturated carbocycles. The summed E-state index contributed by atoms with van der Waals surface area (Å²) in [5.41, 5.74) is 8.83. The average Bonchev–Trinajstić information content (AvgIpc) is 3.49. The number of hydrogen-bond donors (Lipinski definition) is 0. The third kappa shape index (κ3) is 3.32. The van der Waals surface area contributed by atoms with Crippen LogP contribution in [0, 0.1) is 0 Å². The summed E-state index contributed by atoms with van der Waals surface area (Å²) in [5.74, 6) is 1.53. The zero-order valence-electron chi connectivity index (χ0n) is 22.0. The van der Waals surface area contributed by atoms with E-state index in [0.29, 0.717) is 28.9 Å². The first-order valence-corrected chi connectivity index (χ1v) is 13.3. The molecule has 0 radical (unpaired) electrons. The smallest absolute Gasteiger partial charge is 0.182 e. The summed E-state index contributed by atoms with van der Waals surface area (Å²) in [4.78, 5) is 23.3. The molecule has 0 N–H and O–H groups in total. The first-order valence-electron chi connectivity index (χ1n) is 13.3. The summed E-state index contributed by atoms with van der Waals surface area (Å²) in [7, 11) is 0. The van der Waals surface area contributed by atoms with Crippen LogP contribution in [0.5, 0.6) is 0 Å². The Hall–Kier alpha value is -5.23. The van der Waals surface area contributed by atoms with Gasteiger partial charge in [-0.05, 0) is 59.2 Å². The second kappa shape index (κ2) is 8.38. The molecule has 0 unspecified atom stereocenters. The highest BCUT2D eigenvalue weighted by Crippen LogP contribution is 2.52. The van der Waals surface area contributed by atoms with Gasteiger partial charge in [0.25, 0.3) is 0 Å². The van der Waals surface area contributed by atoms with Gasteiger partial charge in [-0.3, -0.25) is 9.97 Å². The summed E-state index contributed by atoms with van der Waals surface area (Å²) in [6.07, 6.45) is 3.47. The molecule has 6 nitrogen and oxygen atoms in total. The van der Waals surface area contributed by atoms with Gasteiger partial charge in [-0.25, -0.2) is 15.0 Å². The number of nitrogens with zero attached hydrogens (tertiary/aromatic N) is 5. The van der Waals surface area contributed by atoms with Gasteiger partial charge in [0.1, 0.15) is 22.6 Å². The Balaban J connectivity index is 1.32. The van der Waals surface area contributed by atoms with Gasteiger partial charge in [0.05, 0.1) is 0 Å². The predicted octanol–water partition coefficient (Wildman–Crippen LogP) is 7.87. The molecule has 6 heteroatoms. The van der Waals surface area contributed by atoms with E-state index in [-0.39, 0.29) is 5.41 Å². The van der Waals surface area contributed by atoms with E-state index in [2.05, 4.69) is 66.3 Å². The molecule has 3 aromatic carbocycles. The molecule has 4 aromatic heterocycles. The minimum absolute atomic E-state index is 0.161. The summed E-state index contributed by atoms with van der Waals surface area (Å²) < 4.78 is 6.66. The predicted molar refractivity (Wildman–Crippen MR) is 157 cm³/mol. The van der Waals surface area contributed by atoms with Crippen LogP contribution in [0.25, 0.3) is 67.5 Å². The van der Waals surface area contributed by atoms with Crippen molar-refractivity contribution in [2.24, 2.45) is 0 Å². The van der Waals surface area contributed by atoms with Gasteiger partial charge in [0.15, 0.2) is 17.5 Å². The van der Waals surface area contributed by atoms with E-state index in [4.69, 9.17) is 19.4 Å². The number of furan rings is 1. The lowest BCUT2D eigenvalue weighted by molar-refractivity contribution is 0.620. The maximum atomic E-state index is 6.66. The molecule has 0 spiro atoms. The highest BCUT2D eigenvalue weighted by Gasteiger charge is 2.38. The van der Waals surface area contributed by atoms with Crippen LogP contribution < -0.4 is 0 Å². The Kier molecular flexibility index (Phi) is 4.76. The van der Waals surface area contributed by atoms with Crippen LogP contribution in [0.15, 0.2) is 108 Å². The van der Waals surface area contributed by atoms with Crippen molar-refractivity contribution in [1.82, 2.24) is 24.9 Å². The Morgan fingerprint density at radius 3 is 1.95 bits per heavy atom. The van der Waals surface area contributed by atoms with Gasteiger partial charge in [-0.2, -0.15) is 0 Å². The molecule has 0 bridgehead atoms. The molecule has 0 saturated heterocycles. The summed E-state index contributed by atoms with van der Waals surface area (Å²) in [5, 5.41) is 2.18. The van der Waals surface area contributed by atoms with Crippen LogP contribution in [0.3, 0.4) is 0 Å². The van der Waals surface area contributed by atoms with Crippen molar-refractivity contribution >= 4 is 21.9 Å². The zero-order chi connectivity index (χ0) is 26.8. The van der Waals surface area contributed by atoms with Gasteiger partial charge < -0.3 is 4.42 Å². The highest BCUT2D eigenvalue weighted by atomic mass is 16.3. The molecule has 1 aliphatic carbocycles. The highest BCUT2D eigenvalue weighted by molar-refractivity contribution is 6.09. The maximum absolute atomic E-state index is 6.66. The van der Waals surface area contributed by atoms with Crippen molar-refractivity contribution in [3.8, 4) is 45.6 Å². The Morgan fingerprint density at radius 2 is 1.25 bits per heavy atom. The zero-order valence-corrected chi connectivity index (χ0v) is 22.0. The molecule has 190 valence electrons. The van der Waals surface area contributed by atoms with Crippen LogP contribution in [0.2, 0.25) is 0 Å². The lowest BCUT2D eigenvalue weighted by atomic mass is 9.82. The van der Waals surface area contributed by atoms with Gasteiger partial charge in [0.2, 0.25) is 0 Å². The second-order valence-electron chi connectivity index (χ2n) is 10.6. The van der Waals surface area contributed by atoms with E-state index in [1.807, 2.05) is 48.5 Å². The molecule has 0 atom stereocenters. The molecular weight excluding hydrogens is 494 g/mol. The van der Waals surface area contributed by atoms with Gasteiger partial charge in [-0.15, -0.1) is 0 Å². The Bertz CT molecular complexity index is 2020. The summed E-state index contributed by atoms with van der Waals surface area (Å²) in [6.45, 7) is 4.55. The van der Waals surface area contributed by atoms with Gasteiger partial charge >= 0.3 is 0 Å². The first kappa shape index (κ1) is 22.7. The Labute approximate surface area is 230 Å². The number of benzene rings is 3. The topological polar surface area (TPSA) is 77.6 Å². The van der Waals surface area contributed by atoms with Crippen LogP contribution >= 0.6 is 0 Å². The molecule has 0 aliphatic heterocycles. The lowest BCUT2D eigenvalue weighted by Crippen LogP contribution is -2.15. The normalized spacial score (nSPS) is 13.4. The fourth-order valence-corrected chi connectivity index (χ4v) is 5.95. The van der Waals surface area contributed by atoms with Crippen molar-refractivity contribution in [1.29, 1.82) is 0 Å². The van der Waals surface area contributed by atoms with Crippen molar-refractivity contribution in [2.45, 2.75) is 19.3 Å². The van der Waals surface area contributed by atoms with E-state index in [1.54, 1.807) is 12.4 Å². The average molecular weight is 518 g/mol. The van der Waals surface area contributed by atoms with Crippen molar-refractivity contribution < 1.29 is 4.42 Å². The number of hydrogen-bond acceptors (Lipinski definition) is 6. The summed E-state index contributed by atoms with van der Waals surface area (Å²) >= 11 is 0. The fraction of sp³-hybridized carbons (Fsp3) is 0.0882. The largest absolute Gasteiger partial charge is 0.456 e. The van der Waals surface area contributed by atoms with Crippen LogP contribution in [-0.2, 0) is 5.41 Å². The van der Waals surface area contributed by atoms with E-state index in [9.17, 15) is 0 Å². The lowest BCUT2D eigenvalue weighted by Gasteiger charge is -2.21. The van der Waals surface area contributed by atoms with Crippen LogP contribution in [0.1, 0.15) is 25.0 Å². The number of fused-ring (bicyclic) bond motifs is 7.